The van der Waals surface area contributed by atoms with Crippen LogP contribution in [-0.2, 0) is 17.6 Å². The maximum atomic E-state index is 13.5. The number of alkyl halides is 3. The van der Waals surface area contributed by atoms with Gasteiger partial charge in [0.15, 0.2) is 5.82 Å². The van der Waals surface area contributed by atoms with Crippen LogP contribution in [0.5, 0.6) is 0 Å². The molecule has 30 heavy (non-hydrogen) atoms. The normalized spacial score (nSPS) is 17.4. The second-order valence-electron chi connectivity index (χ2n) is 7.25. The lowest BCUT2D eigenvalue weighted by molar-refractivity contribution is -0.214. The van der Waals surface area contributed by atoms with E-state index in [4.69, 9.17) is 5.11 Å². The Morgan fingerprint density at radius 2 is 1.90 bits per heavy atom. The number of nitrogens with zero attached hydrogens (tertiary/aromatic N) is 4. The predicted octanol–water partition coefficient (Wildman–Crippen LogP) is 2.29. The fourth-order valence-corrected chi connectivity index (χ4v) is 3.69. The lowest BCUT2D eigenvalue weighted by atomic mass is 10.0. The Bertz CT molecular complexity index is 938. The molecular formula is C19H20F4N4O3. The van der Waals surface area contributed by atoms with Gasteiger partial charge in [-0.3, -0.25) is 0 Å². The van der Waals surface area contributed by atoms with Gasteiger partial charge >= 0.3 is 12.3 Å². The molecule has 3 heterocycles. The topological polar surface area (TPSA) is 70.8 Å². The minimum Gasteiger partial charge on any atom is -0.434 e. The first-order valence-electron chi connectivity index (χ1n) is 9.52. The molecule has 7 nitrogen and oxygen atoms in total. The van der Waals surface area contributed by atoms with Crippen molar-refractivity contribution in [2.45, 2.75) is 25.1 Å². The van der Waals surface area contributed by atoms with Crippen LogP contribution >= 0.6 is 0 Å². The van der Waals surface area contributed by atoms with Crippen LogP contribution in [-0.4, -0.2) is 70.9 Å². The van der Waals surface area contributed by atoms with Crippen molar-refractivity contribution in [2.75, 3.05) is 37.7 Å². The molecule has 1 aromatic carbocycles. The molecule has 1 N–H and O–H groups in total. The summed E-state index contributed by atoms with van der Waals surface area (Å²) in [6.45, 7) is -0.242. The summed E-state index contributed by atoms with van der Waals surface area (Å²) in [5.74, 6) is 0.403. The van der Waals surface area contributed by atoms with Crippen LogP contribution in [0.4, 0.5) is 28.2 Å². The third-order valence-corrected chi connectivity index (χ3v) is 5.33. The van der Waals surface area contributed by atoms with Crippen molar-refractivity contribution in [3.8, 4) is 5.69 Å². The van der Waals surface area contributed by atoms with Crippen LogP contribution in [0.1, 0.15) is 11.3 Å². The Labute approximate surface area is 169 Å². The van der Waals surface area contributed by atoms with Crippen LogP contribution in [0.2, 0.25) is 0 Å². The lowest BCUT2D eigenvalue weighted by Crippen LogP contribution is -2.51. The van der Waals surface area contributed by atoms with Gasteiger partial charge in [0, 0.05) is 37.9 Å². The van der Waals surface area contributed by atoms with Crippen LogP contribution in [0, 0.1) is 5.82 Å². The van der Waals surface area contributed by atoms with Gasteiger partial charge in [-0.2, -0.15) is 18.3 Å². The number of piperazine rings is 1. The van der Waals surface area contributed by atoms with Crippen molar-refractivity contribution in [3.63, 3.8) is 0 Å². The van der Waals surface area contributed by atoms with E-state index in [0.717, 1.165) is 23.4 Å². The number of amides is 1. The van der Waals surface area contributed by atoms with E-state index in [0.29, 0.717) is 25.3 Å². The molecule has 1 amide bonds. The fourth-order valence-electron chi connectivity index (χ4n) is 3.69. The number of anilines is 1. The minimum absolute atomic E-state index is 0.166. The van der Waals surface area contributed by atoms with Crippen molar-refractivity contribution in [3.05, 3.63) is 41.3 Å². The number of aromatic nitrogens is 2. The monoisotopic (exact) mass is 428 g/mol. The summed E-state index contributed by atoms with van der Waals surface area (Å²) in [6.07, 6.45) is -7.03. The van der Waals surface area contributed by atoms with E-state index in [1.165, 1.54) is 17.0 Å². The summed E-state index contributed by atoms with van der Waals surface area (Å²) in [5, 5.41) is 13.4. The average molecular weight is 428 g/mol. The van der Waals surface area contributed by atoms with Gasteiger partial charge < -0.3 is 19.6 Å². The van der Waals surface area contributed by atoms with Crippen molar-refractivity contribution in [2.24, 2.45) is 0 Å². The molecular weight excluding hydrogens is 408 g/mol. The predicted molar refractivity (Wildman–Crippen MR) is 98.1 cm³/mol. The molecule has 1 aromatic heterocycles. The number of fused-ring (bicyclic) bond motifs is 3. The van der Waals surface area contributed by atoms with Gasteiger partial charge in [-0.1, -0.05) is 0 Å². The maximum Gasteiger partial charge on any atom is 0.427 e. The van der Waals surface area contributed by atoms with E-state index in [2.05, 4.69) is 9.84 Å². The third-order valence-electron chi connectivity index (χ3n) is 5.33. The van der Waals surface area contributed by atoms with Gasteiger partial charge in [0.2, 0.25) is 6.10 Å². The third kappa shape index (κ3) is 3.93. The Hall–Kier alpha value is -2.82. The Balaban J connectivity index is 1.41. The summed E-state index contributed by atoms with van der Waals surface area (Å²) in [4.78, 5) is 15.1. The van der Waals surface area contributed by atoms with E-state index in [1.807, 2.05) is 11.0 Å². The molecule has 0 saturated carbocycles. The zero-order chi connectivity index (χ0) is 21.5. The number of ether oxygens (including phenoxy) is 1. The number of aryl methyl sites for hydroxylation is 2. The van der Waals surface area contributed by atoms with E-state index >= 15 is 0 Å². The number of benzene rings is 1. The van der Waals surface area contributed by atoms with Crippen molar-refractivity contribution in [1.29, 1.82) is 0 Å². The minimum atomic E-state index is -4.82. The van der Waals surface area contributed by atoms with E-state index in [1.54, 1.807) is 10.7 Å². The van der Waals surface area contributed by atoms with Crippen molar-refractivity contribution in [1.82, 2.24) is 14.7 Å². The van der Waals surface area contributed by atoms with Gasteiger partial charge in [-0.25, -0.2) is 13.9 Å². The first-order valence-corrected chi connectivity index (χ1v) is 9.52. The molecule has 2 aliphatic rings. The van der Waals surface area contributed by atoms with Gasteiger partial charge in [-0.15, -0.1) is 0 Å². The first kappa shape index (κ1) is 20.5. The smallest absolute Gasteiger partial charge is 0.427 e. The lowest BCUT2D eigenvalue weighted by Gasteiger charge is -2.34. The highest BCUT2D eigenvalue weighted by Gasteiger charge is 2.43. The van der Waals surface area contributed by atoms with Crippen LogP contribution in [0.3, 0.4) is 0 Å². The SMILES string of the molecule is O=C(OC(CO)C(F)(F)F)N1CCN(c2cc3n(n2)-c2ccc(F)cc2CC3)CC1. The second kappa shape index (κ2) is 7.78. The number of aliphatic hydroxyl groups is 1. The standard InChI is InChI=1S/C19H20F4N4O3/c20-13-2-4-15-12(9-13)1-3-14-10-17(24-27(14)15)25-5-7-26(8-6-25)18(29)30-16(11-28)19(21,22)23/h2,4,9-10,16,28H,1,3,5-8,11H2. The van der Waals surface area contributed by atoms with Gasteiger partial charge in [0.05, 0.1) is 12.3 Å². The zero-order valence-corrected chi connectivity index (χ0v) is 15.9. The van der Waals surface area contributed by atoms with E-state index in [9.17, 15) is 22.4 Å². The van der Waals surface area contributed by atoms with Crippen molar-refractivity contribution >= 4 is 11.9 Å². The zero-order valence-electron chi connectivity index (χ0n) is 15.9. The fraction of sp³-hybridized carbons (Fsp3) is 0.474. The molecule has 1 saturated heterocycles. The number of hydrogen-bond acceptors (Lipinski definition) is 5. The molecule has 11 heteroatoms. The van der Waals surface area contributed by atoms with E-state index in [-0.39, 0.29) is 18.9 Å². The molecule has 0 aliphatic carbocycles. The highest BCUT2D eigenvalue weighted by atomic mass is 19.4. The molecule has 1 fully saturated rings. The maximum absolute atomic E-state index is 13.5. The summed E-state index contributed by atoms with van der Waals surface area (Å²) in [5.41, 5.74) is 2.70. The Morgan fingerprint density at radius 1 is 1.17 bits per heavy atom. The number of aliphatic hydroxyl groups excluding tert-OH is 1. The summed E-state index contributed by atoms with van der Waals surface area (Å²) >= 11 is 0. The molecule has 0 radical (unpaired) electrons. The largest absolute Gasteiger partial charge is 0.434 e. The second-order valence-corrected chi connectivity index (χ2v) is 7.25. The molecule has 2 aliphatic heterocycles. The molecule has 1 unspecified atom stereocenters. The first-order chi connectivity index (χ1) is 14.3. The highest BCUT2D eigenvalue weighted by molar-refractivity contribution is 5.68. The number of hydrogen-bond donors (Lipinski definition) is 1. The van der Waals surface area contributed by atoms with Crippen molar-refractivity contribution < 1.29 is 32.2 Å². The molecule has 0 bridgehead atoms. The number of carbonyl (C=O) groups excluding carboxylic acids is 1. The number of halogens is 4. The quantitative estimate of drug-likeness (QED) is 0.760. The van der Waals surface area contributed by atoms with Gasteiger partial charge in [-0.05, 0) is 36.6 Å². The number of carbonyl (C=O) groups is 1. The summed E-state index contributed by atoms with van der Waals surface area (Å²) < 4.78 is 57.7. The summed E-state index contributed by atoms with van der Waals surface area (Å²) in [6, 6.07) is 6.52. The molecule has 1 atom stereocenters. The average Bonchev–Trinajstić information content (AvgIpc) is 3.15. The van der Waals surface area contributed by atoms with E-state index < -0.39 is 25.0 Å². The summed E-state index contributed by atoms with van der Waals surface area (Å²) in [7, 11) is 0. The number of rotatable bonds is 3. The molecule has 162 valence electrons. The van der Waals surface area contributed by atoms with Crippen LogP contribution in [0.25, 0.3) is 5.69 Å². The molecule has 2 aromatic rings. The Kier molecular flexibility index (Phi) is 5.31. The van der Waals surface area contributed by atoms with Crippen LogP contribution in [0.15, 0.2) is 24.3 Å². The Morgan fingerprint density at radius 3 is 2.57 bits per heavy atom. The van der Waals surface area contributed by atoms with Gasteiger partial charge in [0.1, 0.15) is 5.82 Å². The molecule has 0 spiro atoms. The van der Waals surface area contributed by atoms with Crippen LogP contribution < -0.4 is 4.90 Å². The van der Waals surface area contributed by atoms with Gasteiger partial charge in [0.25, 0.3) is 0 Å². The molecule has 4 rings (SSSR count). The highest BCUT2D eigenvalue weighted by Crippen LogP contribution is 2.29.